The van der Waals surface area contributed by atoms with Crippen LogP contribution in [0.4, 0.5) is 4.39 Å². The van der Waals surface area contributed by atoms with Gasteiger partial charge in [0.1, 0.15) is 18.0 Å². The first-order chi connectivity index (χ1) is 11.9. The summed E-state index contributed by atoms with van der Waals surface area (Å²) in [6.45, 7) is 1.99. The van der Waals surface area contributed by atoms with E-state index < -0.39 is 28.3 Å². The van der Waals surface area contributed by atoms with Crippen LogP contribution in [0, 0.1) is 5.82 Å². The van der Waals surface area contributed by atoms with Crippen molar-refractivity contribution >= 4 is 16.9 Å². The minimum Gasteiger partial charge on any atom is -0.489 e. The van der Waals surface area contributed by atoms with Crippen molar-refractivity contribution in [1.29, 1.82) is 0 Å². The van der Waals surface area contributed by atoms with Crippen molar-refractivity contribution in [3.8, 4) is 5.75 Å². The number of carboxylic acid groups (broad SMARTS) is 1. The van der Waals surface area contributed by atoms with Gasteiger partial charge in [0.05, 0.1) is 22.5 Å². The molecule has 9 heteroatoms. The molecule has 1 saturated carbocycles. The molecular weight excluding hydrogens is 331 g/mol. The lowest BCUT2D eigenvalue weighted by atomic mass is 9.98. The molecule has 0 amide bonds. The monoisotopic (exact) mass is 344 g/mol. The van der Waals surface area contributed by atoms with Gasteiger partial charge < -0.3 is 14.4 Å². The first-order valence-electron chi connectivity index (χ1n) is 7.74. The van der Waals surface area contributed by atoms with Gasteiger partial charge >= 0.3 is 5.97 Å². The Kier molecular flexibility index (Phi) is 3.07. The zero-order valence-electron chi connectivity index (χ0n) is 13.2. The molecule has 2 aromatic rings. The molecule has 1 N–H and O–H groups in total. The first-order valence-corrected chi connectivity index (χ1v) is 7.74. The zero-order chi connectivity index (χ0) is 17.9. The van der Waals surface area contributed by atoms with Gasteiger partial charge in [0, 0.05) is 16.7 Å². The fraction of sp³-hybridized carbons (Fsp3) is 0.375. The molecule has 0 spiro atoms. The van der Waals surface area contributed by atoms with Gasteiger partial charge in [0.25, 0.3) is 0 Å². The summed E-state index contributed by atoms with van der Waals surface area (Å²) in [4.78, 5) is 26.6. The average molecular weight is 344 g/mol. The van der Waals surface area contributed by atoms with E-state index in [4.69, 9.17) is 10.3 Å². The number of azide groups is 1. The smallest absolute Gasteiger partial charge is 0.341 e. The average Bonchev–Trinajstić information content (AvgIpc) is 3.32. The highest BCUT2D eigenvalue weighted by Crippen LogP contribution is 2.55. The summed E-state index contributed by atoms with van der Waals surface area (Å²) in [6, 6.07) is 0.787. The molecule has 4 rings (SSSR count). The van der Waals surface area contributed by atoms with Crippen molar-refractivity contribution in [1.82, 2.24) is 4.57 Å². The van der Waals surface area contributed by atoms with E-state index in [-0.39, 0.29) is 29.3 Å². The van der Waals surface area contributed by atoms with E-state index in [1.807, 2.05) is 6.92 Å². The van der Waals surface area contributed by atoms with Gasteiger partial charge in [-0.3, -0.25) is 4.79 Å². The van der Waals surface area contributed by atoms with Crippen LogP contribution in [0.3, 0.4) is 0 Å². The Labute approximate surface area is 140 Å². The van der Waals surface area contributed by atoms with E-state index in [9.17, 15) is 19.1 Å². The normalized spacial score (nSPS) is 19.8. The van der Waals surface area contributed by atoms with Crippen LogP contribution in [0.25, 0.3) is 21.3 Å². The lowest BCUT2D eigenvalue weighted by Gasteiger charge is -2.29. The van der Waals surface area contributed by atoms with Crippen molar-refractivity contribution in [2.75, 3.05) is 6.61 Å². The molecule has 1 fully saturated rings. The third-order valence-corrected chi connectivity index (χ3v) is 4.82. The van der Waals surface area contributed by atoms with Gasteiger partial charge in [-0.1, -0.05) is 5.11 Å². The van der Waals surface area contributed by atoms with Gasteiger partial charge in [-0.2, -0.15) is 0 Å². The molecule has 1 aromatic carbocycles. The predicted molar refractivity (Wildman–Crippen MR) is 85.4 cm³/mol. The van der Waals surface area contributed by atoms with Gasteiger partial charge in [0.15, 0.2) is 5.75 Å². The van der Waals surface area contributed by atoms with Crippen molar-refractivity contribution < 1.29 is 19.0 Å². The van der Waals surface area contributed by atoms with Crippen LogP contribution in [-0.2, 0) is 5.54 Å². The molecule has 0 bridgehead atoms. The summed E-state index contributed by atoms with van der Waals surface area (Å²) in [5.74, 6) is -1.94. The second-order valence-corrected chi connectivity index (χ2v) is 6.42. The van der Waals surface area contributed by atoms with Crippen LogP contribution in [0.5, 0.6) is 5.75 Å². The Balaban J connectivity index is 2.16. The molecule has 1 aliphatic heterocycles. The number of nitrogens with zero attached hydrogens (tertiary/aromatic N) is 4. The second kappa shape index (κ2) is 4.97. The molecule has 2 aliphatic rings. The van der Waals surface area contributed by atoms with Crippen molar-refractivity contribution in [3.63, 3.8) is 0 Å². The maximum atomic E-state index is 14.8. The summed E-state index contributed by atoms with van der Waals surface area (Å²) in [7, 11) is 0. The van der Waals surface area contributed by atoms with Crippen molar-refractivity contribution in [2.45, 2.75) is 31.3 Å². The Morgan fingerprint density at radius 2 is 2.28 bits per heavy atom. The maximum absolute atomic E-state index is 14.8. The van der Waals surface area contributed by atoms with Crippen molar-refractivity contribution in [3.05, 3.63) is 49.9 Å². The summed E-state index contributed by atoms with van der Waals surface area (Å²) < 4.78 is 22.2. The van der Waals surface area contributed by atoms with Crippen LogP contribution in [-0.4, -0.2) is 22.2 Å². The van der Waals surface area contributed by atoms with Crippen LogP contribution < -0.4 is 10.2 Å². The number of hydrogen-bond acceptors (Lipinski definition) is 4. The number of aromatic nitrogens is 1. The molecule has 128 valence electrons. The number of aromatic carboxylic acids is 1. The largest absolute Gasteiger partial charge is 0.489 e. The third kappa shape index (κ3) is 2.02. The minimum atomic E-state index is -1.37. The molecule has 0 radical (unpaired) electrons. The fourth-order valence-electron chi connectivity index (χ4n) is 3.42. The molecule has 1 atom stereocenters. The van der Waals surface area contributed by atoms with E-state index in [0.29, 0.717) is 18.4 Å². The van der Waals surface area contributed by atoms with Crippen LogP contribution in [0.15, 0.2) is 22.2 Å². The highest BCUT2D eigenvalue weighted by molar-refractivity contribution is 5.95. The molecule has 2 heterocycles. The van der Waals surface area contributed by atoms with Crippen molar-refractivity contribution in [2.24, 2.45) is 5.11 Å². The molecule has 0 saturated heterocycles. The molecular formula is C16H13FN4O4. The number of hydrogen-bond donors (Lipinski definition) is 1. The third-order valence-electron chi connectivity index (χ3n) is 4.82. The van der Waals surface area contributed by atoms with E-state index in [1.165, 1.54) is 6.20 Å². The highest BCUT2D eigenvalue weighted by atomic mass is 19.1. The zero-order valence-corrected chi connectivity index (χ0v) is 13.2. The van der Waals surface area contributed by atoms with Gasteiger partial charge in [-0.15, -0.1) is 0 Å². The summed E-state index contributed by atoms with van der Waals surface area (Å²) >= 11 is 0. The van der Waals surface area contributed by atoms with Crippen LogP contribution in [0.2, 0.25) is 0 Å². The summed E-state index contributed by atoms with van der Waals surface area (Å²) in [5.41, 5.74) is 7.08. The fourth-order valence-corrected chi connectivity index (χ4v) is 3.42. The number of pyridine rings is 1. The second-order valence-electron chi connectivity index (χ2n) is 6.42. The molecule has 8 nitrogen and oxygen atoms in total. The number of rotatable bonds is 3. The number of benzene rings is 1. The number of ether oxygens (including phenoxy) is 1. The minimum absolute atomic E-state index is 0.0561. The molecule has 0 unspecified atom stereocenters. The number of halogens is 1. The van der Waals surface area contributed by atoms with Crippen LogP contribution in [0.1, 0.15) is 41.7 Å². The van der Waals surface area contributed by atoms with E-state index in [1.54, 1.807) is 4.57 Å². The van der Waals surface area contributed by atoms with Crippen LogP contribution >= 0.6 is 0 Å². The Morgan fingerprint density at radius 1 is 1.56 bits per heavy atom. The number of carboxylic acids is 1. The molecule has 1 aliphatic carbocycles. The Morgan fingerprint density at radius 3 is 2.88 bits per heavy atom. The van der Waals surface area contributed by atoms with Gasteiger partial charge in [-0.25, -0.2) is 9.18 Å². The quantitative estimate of drug-likeness (QED) is 0.523. The van der Waals surface area contributed by atoms with Gasteiger partial charge in [0.2, 0.25) is 5.43 Å². The topological polar surface area (TPSA) is 117 Å². The summed E-state index contributed by atoms with van der Waals surface area (Å²) in [5, 5.41) is 12.9. The van der Waals surface area contributed by atoms with E-state index in [2.05, 4.69) is 10.0 Å². The Hall–Kier alpha value is -3.06. The lowest BCUT2D eigenvalue weighted by molar-refractivity contribution is 0.0694. The predicted octanol–water partition coefficient (Wildman–Crippen LogP) is 3.09. The summed E-state index contributed by atoms with van der Waals surface area (Å²) in [6.07, 6.45) is 2.24. The standard InChI is InChI=1S/C16H13FN4O4/c1-7-6-25-14-11(16(2-3-16)19-20-18)10(17)4-8-12(14)21(7)5-9(13(8)22)15(23)24/h4-5,7H,2-3,6H2,1H3,(H,23,24)/t7-/m0/s1. The SMILES string of the molecule is C[C@H]1COc2c(C3(N=[N+]=[N-])CC3)c(F)cc3c(=O)c(C(=O)O)cn1c23. The van der Waals surface area contributed by atoms with E-state index in [0.717, 1.165) is 6.07 Å². The Bertz CT molecular complexity index is 1050. The molecule has 1 aromatic heterocycles. The highest BCUT2D eigenvalue weighted by Gasteiger charge is 2.49. The lowest BCUT2D eigenvalue weighted by Crippen LogP contribution is -2.28. The molecule has 25 heavy (non-hydrogen) atoms. The number of carbonyl (C=O) groups is 1. The first kappa shape index (κ1) is 15.5. The van der Waals surface area contributed by atoms with Gasteiger partial charge in [-0.05, 0) is 31.4 Å². The maximum Gasteiger partial charge on any atom is 0.341 e. The van der Waals surface area contributed by atoms with E-state index >= 15 is 0 Å².